The van der Waals surface area contributed by atoms with Crippen LogP contribution in [0.5, 0.6) is 0 Å². The normalized spacial score (nSPS) is 10.4. The average Bonchev–Trinajstić information content (AvgIpc) is 2.71. The maximum absolute atomic E-state index is 13.2. The number of hydrogen-bond acceptors (Lipinski definition) is 1. The summed E-state index contributed by atoms with van der Waals surface area (Å²) >= 11 is 5.54. The standard InChI is InChI=1S/C11H7ClFNO2/c12-7-2-1-6(5-8(7)13)9-3-4-10(14-9)11(15)16/h1-5,14H,(H,15,16). The Bertz CT molecular complexity index is 551. The fraction of sp³-hybridized carbons (Fsp3) is 0. The summed E-state index contributed by atoms with van der Waals surface area (Å²) in [5, 5.41) is 8.75. The molecule has 82 valence electrons. The first-order valence-electron chi connectivity index (χ1n) is 4.45. The lowest BCUT2D eigenvalue weighted by Crippen LogP contribution is -1.95. The number of aromatic carboxylic acids is 1. The predicted molar refractivity (Wildman–Crippen MR) is 58.2 cm³/mol. The smallest absolute Gasteiger partial charge is 0.352 e. The molecule has 1 aromatic heterocycles. The number of carbonyl (C=O) groups is 1. The molecule has 0 radical (unpaired) electrons. The topological polar surface area (TPSA) is 53.1 Å². The third-order valence-electron chi connectivity index (χ3n) is 2.15. The van der Waals surface area contributed by atoms with Crippen molar-refractivity contribution in [3.8, 4) is 11.3 Å². The summed E-state index contributed by atoms with van der Waals surface area (Å²) in [6, 6.07) is 7.28. The van der Waals surface area contributed by atoms with Gasteiger partial charge in [-0.15, -0.1) is 0 Å². The average molecular weight is 240 g/mol. The fourth-order valence-electron chi connectivity index (χ4n) is 1.35. The van der Waals surface area contributed by atoms with Crippen LogP contribution in [0.15, 0.2) is 30.3 Å². The van der Waals surface area contributed by atoms with Crippen molar-refractivity contribution in [2.45, 2.75) is 0 Å². The molecular weight excluding hydrogens is 233 g/mol. The van der Waals surface area contributed by atoms with Gasteiger partial charge in [-0.1, -0.05) is 17.7 Å². The van der Waals surface area contributed by atoms with Crippen molar-refractivity contribution in [2.24, 2.45) is 0 Å². The molecule has 1 aromatic carbocycles. The van der Waals surface area contributed by atoms with Gasteiger partial charge in [0, 0.05) is 11.3 Å². The van der Waals surface area contributed by atoms with Crippen molar-refractivity contribution in [1.82, 2.24) is 4.98 Å². The zero-order valence-electron chi connectivity index (χ0n) is 8.00. The Morgan fingerprint density at radius 3 is 2.62 bits per heavy atom. The van der Waals surface area contributed by atoms with Gasteiger partial charge in [-0.3, -0.25) is 0 Å². The molecule has 3 nitrogen and oxygen atoms in total. The molecule has 0 atom stereocenters. The Labute approximate surface area is 95.5 Å². The van der Waals surface area contributed by atoms with Gasteiger partial charge in [0.2, 0.25) is 0 Å². The maximum Gasteiger partial charge on any atom is 0.352 e. The van der Waals surface area contributed by atoms with E-state index in [9.17, 15) is 9.18 Å². The summed E-state index contributed by atoms with van der Waals surface area (Å²) in [4.78, 5) is 13.3. The number of carboxylic acid groups (broad SMARTS) is 1. The summed E-state index contributed by atoms with van der Waals surface area (Å²) in [5.41, 5.74) is 1.15. The molecule has 0 aliphatic heterocycles. The van der Waals surface area contributed by atoms with Crippen molar-refractivity contribution in [2.75, 3.05) is 0 Å². The molecule has 0 bridgehead atoms. The number of carboxylic acids is 1. The minimum Gasteiger partial charge on any atom is -0.477 e. The van der Waals surface area contributed by atoms with Crippen molar-refractivity contribution >= 4 is 17.6 Å². The van der Waals surface area contributed by atoms with Crippen LogP contribution >= 0.6 is 11.6 Å². The third-order valence-corrected chi connectivity index (χ3v) is 2.45. The van der Waals surface area contributed by atoms with Gasteiger partial charge < -0.3 is 10.1 Å². The summed E-state index contributed by atoms with van der Waals surface area (Å²) in [5.74, 6) is -1.59. The minimum absolute atomic E-state index is 0.0359. The summed E-state index contributed by atoms with van der Waals surface area (Å²) in [6.45, 7) is 0. The molecule has 0 aliphatic carbocycles. The third kappa shape index (κ3) is 1.92. The van der Waals surface area contributed by atoms with E-state index in [1.165, 1.54) is 18.2 Å². The van der Waals surface area contributed by atoms with E-state index in [-0.39, 0.29) is 10.7 Å². The van der Waals surface area contributed by atoms with Gasteiger partial charge in [-0.05, 0) is 24.3 Å². The van der Waals surface area contributed by atoms with Gasteiger partial charge >= 0.3 is 5.97 Å². The van der Waals surface area contributed by atoms with Crippen LogP contribution in [0.25, 0.3) is 11.3 Å². The van der Waals surface area contributed by atoms with Gasteiger partial charge in [0.25, 0.3) is 0 Å². The molecule has 0 saturated heterocycles. The van der Waals surface area contributed by atoms with Crippen LogP contribution in [-0.4, -0.2) is 16.1 Å². The zero-order valence-corrected chi connectivity index (χ0v) is 8.75. The number of H-pyrrole nitrogens is 1. The molecule has 0 saturated carbocycles. The largest absolute Gasteiger partial charge is 0.477 e. The molecule has 0 unspecified atom stereocenters. The molecule has 16 heavy (non-hydrogen) atoms. The molecule has 2 N–H and O–H groups in total. The van der Waals surface area contributed by atoms with Crippen LogP contribution in [0.4, 0.5) is 4.39 Å². The second-order valence-corrected chi connectivity index (χ2v) is 3.63. The molecule has 5 heteroatoms. The number of rotatable bonds is 2. The first kappa shape index (κ1) is 10.7. The van der Waals surface area contributed by atoms with Crippen molar-refractivity contribution < 1.29 is 14.3 Å². The van der Waals surface area contributed by atoms with E-state index in [1.54, 1.807) is 12.1 Å². The predicted octanol–water partition coefficient (Wildman–Crippen LogP) is 3.17. The molecular formula is C11H7ClFNO2. The number of halogens is 2. The van der Waals surface area contributed by atoms with Gasteiger partial charge in [-0.2, -0.15) is 0 Å². The molecule has 0 spiro atoms. The van der Waals surface area contributed by atoms with E-state index in [0.717, 1.165) is 0 Å². The van der Waals surface area contributed by atoms with Crippen LogP contribution in [0, 0.1) is 5.82 Å². The minimum atomic E-state index is -1.05. The molecule has 2 aromatic rings. The number of aromatic amines is 1. The molecule has 0 aliphatic rings. The Morgan fingerprint density at radius 2 is 2.06 bits per heavy atom. The lowest BCUT2D eigenvalue weighted by Gasteiger charge is -1.99. The first-order valence-corrected chi connectivity index (χ1v) is 4.83. The second kappa shape index (κ2) is 3.98. The van der Waals surface area contributed by atoms with Gasteiger partial charge in [0.1, 0.15) is 11.5 Å². The number of benzene rings is 1. The lowest BCUT2D eigenvalue weighted by molar-refractivity contribution is 0.0691. The van der Waals surface area contributed by atoms with E-state index in [4.69, 9.17) is 16.7 Å². The Morgan fingerprint density at radius 1 is 1.31 bits per heavy atom. The highest BCUT2D eigenvalue weighted by Crippen LogP contribution is 2.23. The number of nitrogens with one attached hydrogen (secondary N) is 1. The summed E-state index contributed by atoms with van der Waals surface area (Å²) in [7, 11) is 0. The second-order valence-electron chi connectivity index (χ2n) is 3.22. The fourth-order valence-corrected chi connectivity index (χ4v) is 1.47. The van der Waals surface area contributed by atoms with Crippen LogP contribution in [0.2, 0.25) is 5.02 Å². The Hall–Kier alpha value is -1.81. The summed E-state index contributed by atoms with van der Waals surface area (Å²) in [6.07, 6.45) is 0. The van der Waals surface area contributed by atoms with Crippen molar-refractivity contribution in [3.05, 3.63) is 46.9 Å². The van der Waals surface area contributed by atoms with Crippen LogP contribution in [-0.2, 0) is 0 Å². The van der Waals surface area contributed by atoms with Gasteiger partial charge in [-0.25, -0.2) is 9.18 Å². The molecule has 2 rings (SSSR count). The van der Waals surface area contributed by atoms with E-state index in [2.05, 4.69) is 4.98 Å². The SMILES string of the molecule is O=C(O)c1ccc(-c2ccc(Cl)c(F)c2)[nH]1. The number of aromatic nitrogens is 1. The zero-order chi connectivity index (χ0) is 11.7. The Kier molecular flexibility index (Phi) is 2.66. The lowest BCUT2D eigenvalue weighted by atomic mass is 10.1. The highest BCUT2D eigenvalue weighted by Gasteiger charge is 2.08. The maximum atomic E-state index is 13.2. The molecule has 0 fully saturated rings. The van der Waals surface area contributed by atoms with E-state index < -0.39 is 11.8 Å². The van der Waals surface area contributed by atoms with Crippen molar-refractivity contribution in [1.29, 1.82) is 0 Å². The van der Waals surface area contributed by atoms with Gasteiger partial charge in [0.05, 0.1) is 5.02 Å². The monoisotopic (exact) mass is 239 g/mol. The number of hydrogen-bond donors (Lipinski definition) is 2. The molecule has 0 amide bonds. The summed E-state index contributed by atoms with van der Waals surface area (Å²) < 4.78 is 13.2. The van der Waals surface area contributed by atoms with Crippen molar-refractivity contribution in [3.63, 3.8) is 0 Å². The molecule has 1 heterocycles. The Balaban J connectivity index is 2.42. The van der Waals surface area contributed by atoms with E-state index >= 15 is 0 Å². The first-order chi connectivity index (χ1) is 7.58. The van der Waals surface area contributed by atoms with Gasteiger partial charge in [0.15, 0.2) is 0 Å². The van der Waals surface area contributed by atoms with Crippen LogP contribution in [0.3, 0.4) is 0 Å². The highest BCUT2D eigenvalue weighted by atomic mass is 35.5. The van der Waals surface area contributed by atoms with Crippen LogP contribution < -0.4 is 0 Å². The van der Waals surface area contributed by atoms with Crippen LogP contribution in [0.1, 0.15) is 10.5 Å². The van der Waals surface area contributed by atoms with E-state index in [0.29, 0.717) is 11.3 Å². The highest BCUT2D eigenvalue weighted by molar-refractivity contribution is 6.30. The van der Waals surface area contributed by atoms with E-state index in [1.807, 2.05) is 0 Å². The quantitative estimate of drug-likeness (QED) is 0.846.